The van der Waals surface area contributed by atoms with E-state index in [1.165, 1.54) is 19.3 Å². The Morgan fingerprint density at radius 3 is 2.46 bits per heavy atom. The number of hydrogen-bond acceptors (Lipinski definition) is 1. The molecule has 0 aliphatic carbocycles. The van der Waals surface area contributed by atoms with Crippen molar-refractivity contribution in [1.29, 1.82) is 0 Å². The molecule has 0 radical (unpaired) electrons. The Kier molecular flexibility index (Phi) is 10.3. The van der Waals surface area contributed by atoms with Gasteiger partial charge in [-0.25, -0.2) is 0 Å². The van der Waals surface area contributed by atoms with Crippen LogP contribution in [0, 0.1) is 10.5 Å². The number of ether oxygens (including phenoxy) is 1. The fourth-order valence-corrected chi connectivity index (χ4v) is 1.12. The average Bonchev–Trinajstić information content (AvgIpc) is 2.14. The first-order valence-electron chi connectivity index (χ1n) is 5.39. The summed E-state index contributed by atoms with van der Waals surface area (Å²) in [5, 5.41) is 0. The van der Waals surface area contributed by atoms with Crippen LogP contribution in [0.2, 0.25) is 0 Å². The maximum atomic E-state index is 5.65. The van der Waals surface area contributed by atoms with Crippen LogP contribution in [0.25, 0.3) is 0 Å². The van der Waals surface area contributed by atoms with E-state index in [0.29, 0.717) is 0 Å². The molecule has 0 aromatic rings. The van der Waals surface area contributed by atoms with Crippen LogP contribution in [-0.4, -0.2) is 30.4 Å². The molecular weight excluding hydrogens is 155 g/mol. The molecule has 0 N–H and O–H groups in total. The second kappa shape index (κ2) is 10.2. The Labute approximate surface area is 91.8 Å². The molecule has 1 nitrogen and oxygen atoms in total. The second-order valence-corrected chi connectivity index (χ2v) is 3.25. The maximum absolute atomic E-state index is 5.65. The third-order valence-corrected chi connectivity index (χ3v) is 1.94. The van der Waals surface area contributed by atoms with Crippen LogP contribution in [-0.2, 0) is 4.74 Å². The summed E-state index contributed by atoms with van der Waals surface area (Å²) in [5.74, 6) is 3.10. The molecule has 0 aliphatic heterocycles. The van der Waals surface area contributed by atoms with Crippen LogP contribution in [0.4, 0.5) is 0 Å². The van der Waals surface area contributed by atoms with E-state index in [9.17, 15) is 0 Å². The molecule has 2 heteroatoms. The predicted molar refractivity (Wildman–Crippen MR) is 57.7 cm³/mol. The summed E-state index contributed by atoms with van der Waals surface area (Å²) in [5.41, 5.74) is 0. The topological polar surface area (TPSA) is 9.23 Å². The molecule has 1 unspecified atom stereocenters. The summed E-state index contributed by atoms with van der Waals surface area (Å²) in [6, 6.07) is 0. The van der Waals surface area contributed by atoms with E-state index in [-0.39, 0.29) is 6.10 Å². The summed E-state index contributed by atoms with van der Waals surface area (Å²) < 4.78 is 8.58. The van der Waals surface area contributed by atoms with Crippen molar-refractivity contribution >= 4 is 17.7 Å². The summed E-state index contributed by atoms with van der Waals surface area (Å²) in [4.78, 5) is 0. The SMILES string of the molecule is [Li][C]#CC(CCCC)OCCCC. The number of unbranched alkanes of at least 4 members (excludes halogenated alkanes) is 2. The summed E-state index contributed by atoms with van der Waals surface area (Å²) >= 11 is 1.88. The van der Waals surface area contributed by atoms with Crippen molar-refractivity contribution in [2.45, 2.75) is 52.1 Å². The Hall–Kier alpha value is 0.117. The third kappa shape index (κ3) is 8.45. The van der Waals surface area contributed by atoms with Crippen LogP contribution in [0.15, 0.2) is 0 Å². The molecule has 0 bridgehead atoms. The molecular formula is C11H19LiO. The quantitative estimate of drug-likeness (QED) is 0.327. The molecule has 0 saturated heterocycles. The van der Waals surface area contributed by atoms with Gasteiger partial charge in [-0.1, -0.05) is 0 Å². The average molecular weight is 174 g/mol. The van der Waals surface area contributed by atoms with E-state index >= 15 is 0 Å². The van der Waals surface area contributed by atoms with Gasteiger partial charge in [0, 0.05) is 0 Å². The van der Waals surface area contributed by atoms with Crippen LogP contribution in [0.1, 0.15) is 46.0 Å². The molecule has 0 aliphatic rings. The first-order chi connectivity index (χ1) is 6.35. The second-order valence-electron chi connectivity index (χ2n) is 3.25. The molecule has 0 aromatic carbocycles. The van der Waals surface area contributed by atoms with Crippen molar-refractivity contribution in [3.05, 3.63) is 0 Å². The molecule has 0 heterocycles. The number of hydrogen-bond donors (Lipinski definition) is 0. The fourth-order valence-electron chi connectivity index (χ4n) is 1.12. The minimum atomic E-state index is 0.177. The summed E-state index contributed by atoms with van der Waals surface area (Å²) in [7, 11) is 0. The van der Waals surface area contributed by atoms with Crippen molar-refractivity contribution in [1.82, 2.24) is 0 Å². The monoisotopic (exact) mass is 174 g/mol. The molecule has 1 atom stereocenters. The van der Waals surface area contributed by atoms with Gasteiger partial charge in [0.05, 0.1) is 0 Å². The number of rotatable bonds is 7. The van der Waals surface area contributed by atoms with E-state index in [0.717, 1.165) is 19.4 Å². The van der Waals surface area contributed by atoms with Gasteiger partial charge in [-0.3, -0.25) is 0 Å². The van der Waals surface area contributed by atoms with Crippen molar-refractivity contribution in [2.75, 3.05) is 6.61 Å². The zero-order valence-corrected chi connectivity index (χ0v) is 9.23. The molecule has 0 fully saturated rings. The molecule has 13 heavy (non-hydrogen) atoms. The molecule has 70 valence electrons. The Morgan fingerprint density at radius 2 is 1.92 bits per heavy atom. The van der Waals surface area contributed by atoms with Gasteiger partial charge in [0.25, 0.3) is 0 Å². The van der Waals surface area contributed by atoms with E-state index in [4.69, 9.17) is 4.74 Å². The van der Waals surface area contributed by atoms with Gasteiger partial charge < -0.3 is 0 Å². The third-order valence-electron chi connectivity index (χ3n) is 1.94. The molecule has 0 aromatic heterocycles. The summed E-state index contributed by atoms with van der Waals surface area (Å²) in [6.07, 6.45) is 6.04. The van der Waals surface area contributed by atoms with Crippen LogP contribution in [0.3, 0.4) is 0 Å². The van der Waals surface area contributed by atoms with Crippen LogP contribution >= 0.6 is 0 Å². The zero-order chi connectivity index (χ0) is 9.94. The predicted octanol–water partition coefficient (Wildman–Crippen LogP) is 2.49. The van der Waals surface area contributed by atoms with Gasteiger partial charge in [0.15, 0.2) is 0 Å². The normalized spacial score (nSPS) is 12.0. The molecule has 0 spiro atoms. The van der Waals surface area contributed by atoms with Crippen molar-refractivity contribution in [2.24, 2.45) is 0 Å². The first kappa shape index (κ1) is 13.1. The van der Waals surface area contributed by atoms with E-state index in [2.05, 4.69) is 24.4 Å². The molecule has 0 saturated carbocycles. The van der Waals surface area contributed by atoms with Crippen molar-refractivity contribution in [3.63, 3.8) is 0 Å². The van der Waals surface area contributed by atoms with E-state index in [1.807, 2.05) is 17.7 Å². The van der Waals surface area contributed by atoms with Gasteiger partial charge in [0.2, 0.25) is 0 Å². The van der Waals surface area contributed by atoms with Gasteiger partial charge in [-0.2, -0.15) is 0 Å². The Morgan fingerprint density at radius 1 is 1.23 bits per heavy atom. The molecule has 0 amide bonds. The fraction of sp³-hybridized carbons (Fsp3) is 0.818. The van der Waals surface area contributed by atoms with Gasteiger partial charge >= 0.3 is 91.6 Å². The van der Waals surface area contributed by atoms with Crippen LogP contribution < -0.4 is 0 Å². The van der Waals surface area contributed by atoms with Gasteiger partial charge in [-0.05, 0) is 0 Å². The van der Waals surface area contributed by atoms with Crippen molar-refractivity contribution in [3.8, 4) is 10.5 Å². The van der Waals surface area contributed by atoms with Gasteiger partial charge in [0.1, 0.15) is 0 Å². The Bertz CT molecular complexity index is 157. The Balaban J connectivity index is 3.58. The van der Waals surface area contributed by atoms with Crippen molar-refractivity contribution < 1.29 is 4.74 Å². The minimum absolute atomic E-state index is 0.177. The molecule has 0 rings (SSSR count). The van der Waals surface area contributed by atoms with Crippen LogP contribution in [0.5, 0.6) is 0 Å². The van der Waals surface area contributed by atoms with Gasteiger partial charge in [-0.15, -0.1) is 0 Å². The summed E-state index contributed by atoms with van der Waals surface area (Å²) in [6.45, 7) is 5.23. The van der Waals surface area contributed by atoms with E-state index < -0.39 is 0 Å². The van der Waals surface area contributed by atoms with E-state index in [1.54, 1.807) is 0 Å². The zero-order valence-electron chi connectivity index (χ0n) is 9.23. The standard InChI is InChI=1S/C11H19O.Li/c1-4-7-9-11(6-3)12-10-8-5-2;/h11H,4-5,7-10H2,1-2H3;. The first-order valence-corrected chi connectivity index (χ1v) is 5.39.